The van der Waals surface area contributed by atoms with Crippen molar-refractivity contribution in [2.75, 3.05) is 11.9 Å². The number of anilines is 1. The van der Waals surface area contributed by atoms with E-state index in [1.165, 1.54) is 29.5 Å². The molecule has 0 saturated carbocycles. The zero-order valence-corrected chi connectivity index (χ0v) is 21.9. The van der Waals surface area contributed by atoms with Gasteiger partial charge in [0.2, 0.25) is 0 Å². The third-order valence-electron chi connectivity index (χ3n) is 5.80. The minimum Gasteiger partial charge on any atom is -0.490 e. The van der Waals surface area contributed by atoms with Crippen molar-refractivity contribution in [2.24, 2.45) is 0 Å². The maximum absolute atomic E-state index is 13.3. The second kappa shape index (κ2) is 12.5. The van der Waals surface area contributed by atoms with Crippen molar-refractivity contribution >= 4 is 29.4 Å². The Balaban J connectivity index is 1.55. The first-order chi connectivity index (χ1) is 18.0. The monoisotopic (exact) mass is 518 g/mol. The van der Waals surface area contributed by atoms with Gasteiger partial charge in [-0.3, -0.25) is 4.79 Å². The number of thioether (sulfide) groups is 1. The lowest BCUT2D eigenvalue weighted by Crippen LogP contribution is -2.30. The summed E-state index contributed by atoms with van der Waals surface area (Å²) >= 11 is 1.44. The Morgan fingerprint density at radius 2 is 1.78 bits per heavy atom. The first-order valence-corrected chi connectivity index (χ1v) is 13.2. The maximum atomic E-state index is 13.3. The van der Waals surface area contributed by atoms with E-state index in [4.69, 9.17) is 9.47 Å². The fourth-order valence-electron chi connectivity index (χ4n) is 3.94. The van der Waals surface area contributed by atoms with Crippen LogP contribution in [-0.2, 0) is 24.2 Å². The molecule has 1 aliphatic rings. The van der Waals surface area contributed by atoms with E-state index in [1.807, 2.05) is 37.3 Å². The summed E-state index contributed by atoms with van der Waals surface area (Å²) in [5.74, 6) is 0.786. The van der Waals surface area contributed by atoms with Gasteiger partial charge in [-0.2, -0.15) is 0 Å². The Bertz CT molecular complexity index is 1270. The van der Waals surface area contributed by atoms with E-state index in [1.54, 1.807) is 18.2 Å². The van der Waals surface area contributed by atoms with Crippen molar-refractivity contribution in [1.29, 1.82) is 0 Å². The molecule has 5 nitrogen and oxygen atoms in total. The quantitative estimate of drug-likeness (QED) is 0.219. The van der Waals surface area contributed by atoms with Gasteiger partial charge in [-0.15, -0.1) is 6.58 Å². The molecule has 1 aliphatic heterocycles. The average molecular weight is 519 g/mol. The van der Waals surface area contributed by atoms with Crippen molar-refractivity contribution in [3.8, 4) is 11.5 Å². The highest BCUT2D eigenvalue weighted by Gasteiger charge is 2.27. The number of nitrogens with one attached hydrogen (secondary N) is 2. The largest absolute Gasteiger partial charge is 0.490 e. The van der Waals surface area contributed by atoms with Crippen molar-refractivity contribution in [3.63, 3.8) is 0 Å². The molecule has 0 bridgehead atoms. The molecule has 2 N–H and O–H groups in total. The predicted molar refractivity (Wildman–Crippen MR) is 149 cm³/mol. The summed E-state index contributed by atoms with van der Waals surface area (Å²) in [6, 6.07) is 18.3. The highest BCUT2D eigenvalue weighted by molar-refractivity contribution is 8.05. The molecule has 192 valence electrons. The minimum atomic E-state index is -0.288. The molecule has 7 heteroatoms. The normalized spacial score (nSPS) is 15.9. The number of benzene rings is 3. The van der Waals surface area contributed by atoms with Crippen LogP contribution < -0.4 is 20.1 Å². The number of halogens is 1. The average Bonchev–Trinajstić information content (AvgIpc) is 3.23. The molecule has 1 heterocycles. The fourth-order valence-corrected chi connectivity index (χ4v) is 4.93. The van der Waals surface area contributed by atoms with Gasteiger partial charge in [0.05, 0.1) is 11.5 Å². The zero-order chi connectivity index (χ0) is 26.2. The molecule has 0 aromatic heterocycles. The van der Waals surface area contributed by atoms with E-state index < -0.39 is 0 Å². The van der Waals surface area contributed by atoms with Crippen molar-refractivity contribution in [2.45, 2.75) is 38.8 Å². The summed E-state index contributed by atoms with van der Waals surface area (Å²) in [6.45, 7) is 8.63. The number of allylic oxidation sites excluding steroid dienone is 1. The van der Waals surface area contributed by atoms with Gasteiger partial charge in [0.1, 0.15) is 12.4 Å². The molecule has 1 fully saturated rings. The molecular weight excluding hydrogens is 487 g/mol. The van der Waals surface area contributed by atoms with Gasteiger partial charge in [-0.25, -0.2) is 4.39 Å². The molecule has 0 radical (unpaired) electrons. The van der Waals surface area contributed by atoms with Crippen molar-refractivity contribution in [3.05, 3.63) is 106 Å². The van der Waals surface area contributed by atoms with E-state index in [-0.39, 0.29) is 23.8 Å². The molecule has 3 aromatic carbocycles. The van der Waals surface area contributed by atoms with Gasteiger partial charge < -0.3 is 20.1 Å². The van der Waals surface area contributed by atoms with Crippen LogP contribution >= 0.6 is 11.8 Å². The van der Waals surface area contributed by atoms with Crippen LogP contribution in [0.1, 0.15) is 36.1 Å². The fraction of sp³-hybridized carbons (Fsp3) is 0.233. The predicted octanol–water partition coefficient (Wildman–Crippen LogP) is 6.69. The standard InChI is InChI=1S/C30H31FN2O3S/c1-4-7-23-16-22(17-26(35-6-3)28(23)36-19-21-8-12-24(31)13-9-21)18-27-29(34)33-30(37-27)32-25-14-10-20(5-2)11-15-25/h4,8-18,30,32H,1,5-7,19H2,2-3H3,(H,33,34)/b27-18-/t30-/m0/s1. The number of carbonyl (C=O) groups excluding carboxylic acids is 1. The lowest BCUT2D eigenvalue weighted by Gasteiger charge is -2.17. The Labute approximate surface area is 221 Å². The summed E-state index contributed by atoms with van der Waals surface area (Å²) in [4.78, 5) is 13.3. The Morgan fingerprint density at radius 1 is 1.05 bits per heavy atom. The second-order valence-corrected chi connectivity index (χ2v) is 9.67. The van der Waals surface area contributed by atoms with E-state index in [0.717, 1.165) is 28.8 Å². The smallest absolute Gasteiger partial charge is 0.260 e. The van der Waals surface area contributed by atoms with Crippen LogP contribution in [0.5, 0.6) is 11.5 Å². The van der Waals surface area contributed by atoms with Crippen molar-refractivity contribution < 1.29 is 18.7 Å². The first-order valence-electron chi connectivity index (χ1n) is 12.3. The van der Waals surface area contributed by atoms with Crippen LogP contribution in [0.15, 0.2) is 78.2 Å². The SMILES string of the molecule is C=CCc1cc(/C=C2\S[C@@H](Nc3ccc(CC)cc3)NC2=O)cc(OCC)c1OCc1ccc(F)cc1. The molecule has 1 amide bonds. The van der Waals surface area contributed by atoms with Crippen LogP contribution in [0.25, 0.3) is 6.08 Å². The third-order valence-corrected chi connectivity index (χ3v) is 6.83. The van der Waals surface area contributed by atoms with Gasteiger partial charge in [0.25, 0.3) is 5.91 Å². The number of rotatable bonds is 11. The molecule has 3 aromatic rings. The van der Waals surface area contributed by atoms with Crippen molar-refractivity contribution in [1.82, 2.24) is 5.32 Å². The Kier molecular flexibility index (Phi) is 8.90. The number of aryl methyl sites for hydroxylation is 1. The maximum Gasteiger partial charge on any atom is 0.260 e. The summed E-state index contributed by atoms with van der Waals surface area (Å²) in [5, 5.41) is 6.34. The molecule has 37 heavy (non-hydrogen) atoms. The summed E-state index contributed by atoms with van der Waals surface area (Å²) in [7, 11) is 0. The van der Waals surface area contributed by atoms with E-state index >= 15 is 0 Å². The highest BCUT2D eigenvalue weighted by atomic mass is 32.2. The van der Waals surface area contributed by atoms with Gasteiger partial charge in [-0.05, 0) is 78.9 Å². The van der Waals surface area contributed by atoms with E-state index in [0.29, 0.717) is 29.4 Å². The Morgan fingerprint density at radius 3 is 2.46 bits per heavy atom. The molecule has 0 unspecified atom stereocenters. The highest BCUT2D eigenvalue weighted by Crippen LogP contribution is 2.37. The summed E-state index contributed by atoms with van der Waals surface area (Å²) in [5.41, 5.74) is 4.53. The molecule has 0 aliphatic carbocycles. The van der Waals surface area contributed by atoms with Crippen LogP contribution in [0.4, 0.5) is 10.1 Å². The van der Waals surface area contributed by atoms with E-state index in [9.17, 15) is 9.18 Å². The van der Waals surface area contributed by atoms with Gasteiger partial charge in [0, 0.05) is 11.3 Å². The molecule has 1 saturated heterocycles. The molecule has 0 spiro atoms. The number of carbonyl (C=O) groups is 1. The van der Waals surface area contributed by atoms with Crippen LogP contribution in [0.2, 0.25) is 0 Å². The lowest BCUT2D eigenvalue weighted by atomic mass is 10.0. The molecule has 1 atom stereocenters. The number of hydrogen-bond acceptors (Lipinski definition) is 5. The summed E-state index contributed by atoms with van der Waals surface area (Å²) < 4.78 is 25.3. The van der Waals surface area contributed by atoms with Crippen LogP contribution in [-0.4, -0.2) is 18.0 Å². The number of hydrogen-bond donors (Lipinski definition) is 2. The van der Waals surface area contributed by atoms with Gasteiger partial charge in [0.15, 0.2) is 17.0 Å². The van der Waals surface area contributed by atoms with Crippen LogP contribution in [0.3, 0.4) is 0 Å². The topological polar surface area (TPSA) is 59.6 Å². The van der Waals surface area contributed by atoms with Gasteiger partial charge in [-0.1, -0.05) is 49.0 Å². The number of ether oxygens (including phenoxy) is 2. The first kappa shape index (κ1) is 26.4. The van der Waals surface area contributed by atoms with Crippen LogP contribution in [0, 0.1) is 5.82 Å². The molecule has 4 rings (SSSR count). The third kappa shape index (κ3) is 6.95. The minimum absolute atomic E-state index is 0.132. The zero-order valence-electron chi connectivity index (χ0n) is 21.1. The van der Waals surface area contributed by atoms with E-state index in [2.05, 4.69) is 36.3 Å². The number of amides is 1. The summed E-state index contributed by atoms with van der Waals surface area (Å²) in [6.07, 6.45) is 5.21. The Hall–Kier alpha value is -3.71. The molecular formula is C30H31FN2O3S. The lowest BCUT2D eigenvalue weighted by molar-refractivity contribution is -0.116. The second-order valence-electron chi connectivity index (χ2n) is 8.52. The van der Waals surface area contributed by atoms with Gasteiger partial charge >= 0.3 is 0 Å².